The number of H-pyrrole nitrogens is 1. The minimum absolute atomic E-state index is 0.222. The van der Waals surface area contributed by atoms with Crippen LogP contribution in [0.1, 0.15) is 36.4 Å². The van der Waals surface area contributed by atoms with E-state index in [1.165, 1.54) is 11.3 Å². The Bertz CT molecular complexity index is 881. The fourth-order valence-corrected chi connectivity index (χ4v) is 3.77. The van der Waals surface area contributed by atoms with Crippen molar-refractivity contribution in [1.82, 2.24) is 24.6 Å². The molecule has 130 valence electrons. The molecule has 0 unspecified atom stereocenters. The van der Waals surface area contributed by atoms with Crippen LogP contribution in [0.2, 0.25) is 0 Å². The first-order valence-electron chi connectivity index (χ1n) is 8.90. The average Bonchev–Trinajstić information content (AvgIpc) is 3.26. The maximum atomic E-state index is 12.7. The number of carbonyl (C=O) groups is 1. The number of aryl methyl sites for hydroxylation is 2. The maximum absolute atomic E-state index is 12.7. The molecule has 0 spiro atoms. The number of rotatable bonds is 4. The van der Waals surface area contributed by atoms with Crippen molar-refractivity contribution in [2.24, 2.45) is 0 Å². The molecule has 6 nitrogen and oxygen atoms in total. The lowest BCUT2D eigenvalue weighted by Gasteiger charge is -2.32. The summed E-state index contributed by atoms with van der Waals surface area (Å²) in [6.07, 6.45) is 6.35. The molecule has 4 rings (SSSR count). The number of nitrogens with one attached hydrogen (secondary N) is 1. The molecule has 1 aromatic carbocycles. The fraction of sp³-hybridized carbons (Fsp3) is 0.421. The Morgan fingerprint density at radius 3 is 3.08 bits per heavy atom. The first kappa shape index (κ1) is 15.9. The second kappa shape index (κ2) is 6.70. The van der Waals surface area contributed by atoms with E-state index < -0.39 is 0 Å². The molecule has 0 radical (unpaired) electrons. The topological polar surface area (TPSA) is 66.8 Å². The van der Waals surface area contributed by atoms with Crippen molar-refractivity contribution in [3.63, 3.8) is 0 Å². The first-order valence-corrected chi connectivity index (χ1v) is 8.90. The standard InChI is InChI=1S/C19H23N5O/c1-14-11-21-22-19(14)15-5-4-9-23(12-15)18(25)8-10-24-13-20-16-6-2-3-7-17(16)24/h2-3,6-7,11,13,15H,4-5,8-10,12H2,1H3,(H,21,22)/t15-/m1/s1. The van der Waals surface area contributed by atoms with Crippen LogP contribution in [0.4, 0.5) is 0 Å². The van der Waals surface area contributed by atoms with Crippen molar-refractivity contribution < 1.29 is 4.79 Å². The predicted molar refractivity (Wildman–Crippen MR) is 96.2 cm³/mol. The van der Waals surface area contributed by atoms with E-state index in [0.29, 0.717) is 18.9 Å². The molecule has 6 heteroatoms. The fourth-order valence-electron chi connectivity index (χ4n) is 3.77. The Kier molecular flexibility index (Phi) is 4.26. The van der Waals surface area contributed by atoms with Gasteiger partial charge in [-0.05, 0) is 37.5 Å². The Hall–Kier alpha value is -2.63. The minimum Gasteiger partial charge on any atom is -0.342 e. The molecule has 2 aromatic heterocycles. The van der Waals surface area contributed by atoms with Crippen LogP contribution in [0.15, 0.2) is 36.8 Å². The number of imidazole rings is 1. The maximum Gasteiger partial charge on any atom is 0.224 e. The zero-order valence-corrected chi connectivity index (χ0v) is 14.5. The minimum atomic E-state index is 0.222. The monoisotopic (exact) mass is 337 g/mol. The van der Waals surface area contributed by atoms with E-state index in [-0.39, 0.29) is 5.91 Å². The van der Waals surface area contributed by atoms with E-state index in [4.69, 9.17) is 0 Å². The number of carbonyl (C=O) groups excluding carboxylic acids is 1. The van der Waals surface area contributed by atoms with Gasteiger partial charge >= 0.3 is 0 Å². The lowest BCUT2D eigenvalue weighted by molar-refractivity contribution is -0.132. The van der Waals surface area contributed by atoms with Crippen molar-refractivity contribution >= 4 is 16.9 Å². The number of likely N-dealkylation sites (tertiary alicyclic amines) is 1. The molecule has 0 aliphatic carbocycles. The molecule has 25 heavy (non-hydrogen) atoms. The van der Waals surface area contributed by atoms with E-state index in [0.717, 1.165) is 37.0 Å². The number of hydrogen-bond donors (Lipinski definition) is 1. The molecule has 1 saturated heterocycles. The van der Waals surface area contributed by atoms with Gasteiger partial charge in [-0.15, -0.1) is 0 Å². The lowest BCUT2D eigenvalue weighted by atomic mass is 9.93. The lowest BCUT2D eigenvalue weighted by Crippen LogP contribution is -2.39. The van der Waals surface area contributed by atoms with Crippen LogP contribution in [-0.2, 0) is 11.3 Å². The number of aromatic amines is 1. The summed E-state index contributed by atoms with van der Waals surface area (Å²) in [5.74, 6) is 0.592. The molecular weight excluding hydrogens is 314 g/mol. The van der Waals surface area contributed by atoms with E-state index in [2.05, 4.69) is 26.7 Å². The Morgan fingerprint density at radius 1 is 1.36 bits per heavy atom. The number of hydrogen-bond acceptors (Lipinski definition) is 3. The van der Waals surface area contributed by atoms with Gasteiger partial charge in [-0.3, -0.25) is 9.89 Å². The highest BCUT2D eigenvalue weighted by molar-refractivity contribution is 5.77. The van der Waals surface area contributed by atoms with Crippen LogP contribution >= 0.6 is 0 Å². The molecule has 0 bridgehead atoms. The molecule has 1 amide bonds. The van der Waals surface area contributed by atoms with Crippen LogP contribution < -0.4 is 0 Å². The van der Waals surface area contributed by atoms with Crippen LogP contribution in [0.25, 0.3) is 11.0 Å². The summed E-state index contributed by atoms with van der Waals surface area (Å²) in [5.41, 5.74) is 4.42. The van der Waals surface area contributed by atoms with Crippen molar-refractivity contribution in [1.29, 1.82) is 0 Å². The summed E-state index contributed by atoms with van der Waals surface area (Å²) in [6, 6.07) is 8.03. The summed E-state index contributed by atoms with van der Waals surface area (Å²) in [6.45, 7) is 4.38. The number of nitrogens with zero attached hydrogens (tertiary/aromatic N) is 4. The number of piperidine rings is 1. The smallest absolute Gasteiger partial charge is 0.224 e. The molecule has 1 atom stereocenters. The molecular formula is C19H23N5O. The van der Waals surface area contributed by atoms with Gasteiger partial charge in [0.25, 0.3) is 0 Å². The largest absolute Gasteiger partial charge is 0.342 e. The molecule has 3 heterocycles. The van der Waals surface area contributed by atoms with Gasteiger partial charge in [-0.2, -0.15) is 5.10 Å². The quantitative estimate of drug-likeness (QED) is 0.796. The van der Waals surface area contributed by atoms with Crippen molar-refractivity contribution in [3.05, 3.63) is 48.0 Å². The number of aromatic nitrogens is 4. The van der Waals surface area contributed by atoms with Gasteiger partial charge in [0, 0.05) is 37.7 Å². The summed E-state index contributed by atoms with van der Waals surface area (Å²) in [7, 11) is 0. The second-order valence-corrected chi connectivity index (χ2v) is 6.82. The number of para-hydroxylation sites is 2. The third-order valence-electron chi connectivity index (χ3n) is 5.14. The highest BCUT2D eigenvalue weighted by Gasteiger charge is 2.26. The molecule has 0 saturated carbocycles. The van der Waals surface area contributed by atoms with Gasteiger partial charge < -0.3 is 9.47 Å². The van der Waals surface area contributed by atoms with Crippen LogP contribution in [0, 0.1) is 6.92 Å². The molecule has 1 N–H and O–H groups in total. The third-order valence-corrected chi connectivity index (χ3v) is 5.14. The summed E-state index contributed by atoms with van der Waals surface area (Å²) in [5, 5.41) is 7.24. The van der Waals surface area contributed by atoms with E-state index in [1.807, 2.05) is 41.7 Å². The third kappa shape index (κ3) is 3.16. The summed E-state index contributed by atoms with van der Waals surface area (Å²) in [4.78, 5) is 19.1. The van der Waals surface area contributed by atoms with Crippen LogP contribution in [0.3, 0.4) is 0 Å². The van der Waals surface area contributed by atoms with Crippen LogP contribution in [-0.4, -0.2) is 43.6 Å². The van der Waals surface area contributed by atoms with Crippen molar-refractivity contribution in [2.45, 2.75) is 38.6 Å². The van der Waals surface area contributed by atoms with Crippen molar-refractivity contribution in [3.8, 4) is 0 Å². The van der Waals surface area contributed by atoms with Gasteiger partial charge in [0.2, 0.25) is 5.91 Å². The van der Waals surface area contributed by atoms with E-state index >= 15 is 0 Å². The van der Waals surface area contributed by atoms with Gasteiger partial charge in [-0.1, -0.05) is 12.1 Å². The SMILES string of the molecule is Cc1cn[nH]c1[C@@H]1CCCN(C(=O)CCn2cnc3ccccc32)C1. The highest BCUT2D eigenvalue weighted by atomic mass is 16.2. The number of amides is 1. The van der Waals surface area contributed by atoms with Gasteiger partial charge in [-0.25, -0.2) is 4.98 Å². The molecule has 1 aliphatic rings. The summed E-state index contributed by atoms with van der Waals surface area (Å²) >= 11 is 0. The Labute approximate surface area is 146 Å². The van der Waals surface area contributed by atoms with Crippen LogP contribution in [0.5, 0.6) is 0 Å². The number of benzene rings is 1. The number of fused-ring (bicyclic) bond motifs is 1. The average molecular weight is 337 g/mol. The Morgan fingerprint density at radius 2 is 2.24 bits per heavy atom. The molecule has 1 aliphatic heterocycles. The van der Waals surface area contributed by atoms with Gasteiger partial charge in [0.1, 0.15) is 0 Å². The summed E-state index contributed by atoms with van der Waals surface area (Å²) < 4.78 is 2.06. The van der Waals surface area contributed by atoms with Crippen molar-refractivity contribution in [2.75, 3.05) is 13.1 Å². The normalized spacial score (nSPS) is 18.0. The second-order valence-electron chi connectivity index (χ2n) is 6.82. The molecule has 3 aromatic rings. The highest BCUT2D eigenvalue weighted by Crippen LogP contribution is 2.27. The zero-order chi connectivity index (χ0) is 17.2. The zero-order valence-electron chi connectivity index (χ0n) is 14.5. The Balaban J connectivity index is 1.40. The molecule has 1 fully saturated rings. The van der Waals surface area contributed by atoms with E-state index in [1.54, 1.807) is 0 Å². The predicted octanol–water partition coefficient (Wildman–Crippen LogP) is 2.86. The first-order chi connectivity index (χ1) is 12.2. The van der Waals surface area contributed by atoms with Gasteiger partial charge in [0.05, 0.1) is 23.6 Å². The van der Waals surface area contributed by atoms with Gasteiger partial charge in [0.15, 0.2) is 0 Å². The van der Waals surface area contributed by atoms with E-state index in [9.17, 15) is 4.79 Å².